The third kappa shape index (κ3) is 4.99. The summed E-state index contributed by atoms with van der Waals surface area (Å²) in [5.74, 6) is 0.980. The number of hydrogen-bond donors (Lipinski definition) is 2. The fraction of sp³-hybridized carbons (Fsp3) is 0.647. The first-order valence-corrected chi connectivity index (χ1v) is 7.96. The highest BCUT2D eigenvalue weighted by molar-refractivity contribution is 5.31. The maximum atomic E-state index is 10.3. The fourth-order valence-electron chi connectivity index (χ4n) is 2.90. The number of nitrogens with two attached hydrogens (primary N) is 1. The molecule has 0 atom stereocenters. The first-order valence-electron chi connectivity index (χ1n) is 7.96. The molecule has 3 N–H and O–H groups in total. The third-order valence-electron chi connectivity index (χ3n) is 4.37. The molecule has 0 aliphatic carbocycles. The van der Waals surface area contributed by atoms with Crippen molar-refractivity contribution in [1.82, 2.24) is 4.90 Å². The monoisotopic (exact) mass is 292 g/mol. The zero-order chi connectivity index (χ0) is 15.1. The van der Waals surface area contributed by atoms with Crippen LogP contribution in [0.2, 0.25) is 0 Å². The zero-order valence-corrected chi connectivity index (χ0v) is 13.1. The van der Waals surface area contributed by atoms with Crippen molar-refractivity contribution >= 4 is 0 Å². The predicted molar refractivity (Wildman–Crippen MR) is 85.6 cm³/mol. The Balaban J connectivity index is 1.63. The summed E-state index contributed by atoms with van der Waals surface area (Å²) in [4.78, 5) is 2.41. The van der Waals surface area contributed by atoms with E-state index in [-0.39, 0.29) is 0 Å². The molecule has 2 rings (SSSR count). The second-order valence-corrected chi connectivity index (χ2v) is 6.07. The number of nitrogens with zero attached hydrogens (tertiary/aromatic N) is 1. The highest BCUT2D eigenvalue weighted by Gasteiger charge is 2.30. The van der Waals surface area contributed by atoms with Crippen LogP contribution >= 0.6 is 0 Å². The lowest BCUT2D eigenvalue weighted by Crippen LogP contribution is -2.45. The van der Waals surface area contributed by atoms with Crippen LogP contribution in [0.1, 0.15) is 31.2 Å². The van der Waals surface area contributed by atoms with E-state index in [0.29, 0.717) is 6.54 Å². The average molecular weight is 292 g/mol. The Hall–Kier alpha value is -1.10. The van der Waals surface area contributed by atoms with E-state index in [4.69, 9.17) is 10.5 Å². The molecule has 21 heavy (non-hydrogen) atoms. The number of likely N-dealkylation sites (tertiary alicyclic amines) is 1. The minimum atomic E-state index is -0.525. The predicted octanol–water partition coefficient (Wildman–Crippen LogP) is 1.94. The van der Waals surface area contributed by atoms with Gasteiger partial charge in [-0.25, -0.2) is 0 Å². The summed E-state index contributed by atoms with van der Waals surface area (Å²) in [5.41, 5.74) is 6.21. The summed E-state index contributed by atoms with van der Waals surface area (Å²) in [7, 11) is 0. The lowest BCUT2D eigenvalue weighted by molar-refractivity contribution is -0.0261. The van der Waals surface area contributed by atoms with Crippen LogP contribution in [-0.4, -0.2) is 48.4 Å². The quantitative estimate of drug-likeness (QED) is 0.754. The van der Waals surface area contributed by atoms with Gasteiger partial charge in [-0.3, -0.25) is 0 Å². The van der Waals surface area contributed by atoms with Crippen LogP contribution in [0.25, 0.3) is 0 Å². The molecule has 0 amide bonds. The summed E-state index contributed by atoms with van der Waals surface area (Å²) in [6.45, 7) is 6.33. The van der Waals surface area contributed by atoms with Crippen molar-refractivity contribution in [3.05, 3.63) is 29.8 Å². The molecule has 1 aromatic rings. The second-order valence-electron chi connectivity index (χ2n) is 6.07. The van der Waals surface area contributed by atoms with Crippen LogP contribution in [0.3, 0.4) is 0 Å². The van der Waals surface area contributed by atoms with Crippen LogP contribution in [-0.2, 0) is 0 Å². The Kier molecular flexibility index (Phi) is 6.03. The molecule has 0 aromatic heterocycles. The first kappa shape index (κ1) is 16.3. The van der Waals surface area contributed by atoms with Crippen molar-refractivity contribution in [2.45, 2.75) is 38.2 Å². The maximum absolute atomic E-state index is 10.3. The van der Waals surface area contributed by atoms with E-state index in [1.165, 1.54) is 5.56 Å². The molecule has 0 spiro atoms. The molecule has 0 bridgehead atoms. The molecule has 0 unspecified atom stereocenters. The molecule has 1 aromatic carbocycles. The van der Waals surface area contributed by atoms with Gasteiger partial charge in [0.05, 0.1) is 12.2 Å². The number of rotatable bonds is 7. The Bertz CT molecular complexity index is 429. The van der Waals surface area contributed by atoms with Gasteiger partial charge >= 0.3 is 0 Å². The number of ether oxygens (including phenoxy) is 1. The van der Waals surface area contributed by atoms with Gasteiger partial charge in [-0.15, -0.1) is 0 Å². The van der Waals surface area contributed by atoms with Gasteiger partial charge in [0.15, 0.2) is 0 Å². The van der Waals surface area contributed by atoms with E-state index in [9.17, 15) is 5.11 Å². The van der Waals surface area contributed by atoms with Crippen molar-refractivity contribution in [2.75, 3.05) is 32.8 Å². The lowest BCUT2D eigenvalue weighted by atomic mass is 9.88. The lowest BCUT2D eigenvalue weighted by Gasteiger charge is -2.38. The standard InChI is InChI=1S/C17H28N2O2/c1-15-5-2-3-6-16(15)21-14-4-11-19-12-8-17(20,7-10-18)9-13-19/h2-3,5-6,20H,4,7-14,18H2,1H3. The molecule has 1 aliphatic rings. The largest absolute Gasteiger partial charge is 0.493 e. The van der Waals surface area contributed by atoms with Crippen molar-refractivity contribution in [3.63, 3.8) is 0 Å². The average Bonchev–Trinajstić information content (AvgIpc) is 2.47. The molecular formula is C17H28N2O2. The Morgan fingerprint density at radius 1 is 1.29 bits per heavy atom. The van der Waals surface area contributed by atoms with Gasteiger partial charge in [0, 0.05) is 19.6 Å². The van der Waals surface area contributed by atoms with E-state index < -0.39 is 5.60 Å². The number of aryl methyl sites for hydroxylation is 1. The molecule has 1 fully saturated rings. The normalized spacial score (nSPS) is 18.6. The molecule has 1 saturated heterocycles. The van der Waals surface area contributed by atoms with Gasteiger partial charge in [-0.05, 0) is 50.8 Å². The van der Waals surface area contributed by atoms with E-state index in [0.717, 1.165) is 57.7 Å². The van der Waals surface area contributed by atoms with Gasteiger partial charge in [-0.1, -0.05) is 18.2 Å². The number of benzene rings is 1. The Morgan fingerprint density at radius 3 is 2.67 bits per heavy atom. The van der Waals surface area contributed by atoms with Gasteiger partial charge in [0.1, 0.15) is 5.75 Å². The summed E-state index contributed by atoms with van der Waals surface area (Å²) < 4.78 is 5.81. The van der Waals surface area contributed by atoms with Crippen LogP contribution < -0.4 is 10.5 Å². The van der Waals surface area contributed by atoms with Gasteiger partial charge in [-0.2, -0.15) is 0 Å². The zero-order valence-electron chi connectivity index (χ0n) is 13.1. The van der Waals surface area contributed by atoms with Crippen molar-refractivity contribution in [3.8, 4) is 5.75 Å². The Labute approximate surface area is 127 Å². The van der Waals surface area contributed by atoms with E-state index in [1.54, 1.807) is 0 Å². The number of piperidine rings is 1. The molecule has 4 nitrogen and oxygen atoms in total. The highest BCUT2D eigenvalue weighted by Crippen LogP contribution is 2.25. The number of aliphatic hydroxyl groups is 1. The van der Waals surface area contributed by atoms with E-state index in [1.807, 2.05) is 18.2 Å². The maximum Gasteiger partial charge on any atom is 0.122 e. The van der Waals surface area contributed by atoms with Crippen molar-refractivity contribution < 1.29 is 9.84 Å². The van der Waals surface area contributed by atoms with Gasteiger partial charge in [0.2, 0.25) is 0 Å². The summed E-state index contributed by atoms with van der Waals surface area (Å²) >= 11 is 0. The summed E-state index contributed by atoms with van der Waals surface area (Å²) in [6.07, 6.45) is 3.41. The van der Waals surface area contributed by atoms with Crippen molar-refractivity contribution in [1.29, 1.82) is 0 Å². The van der Waals surface area contributed by atoms with E-state index >= 15 is 0 Å². The molecule has 1 heterocycles. The third-order valence-corrected chi connectivity index (χ3v) is 4.37. The molecule has 4 heteroatoms. The minimum Gasteiger partial charge on any atom is -0.493 e. The van der Waals surface area contributed by atoms with Gasteiger partial charge in [0.25, 0.3) is 0 Å². The molecular weight excluding hydrogens is 264 g/mol. The topological polar surface area (TPSA) is 58.7 Å². The van der Waals surface area contributed by atoms with Crippen LogP contribution in [0.5, 0.6) is 5.75 Å². The van der Waals surface area contributed by atoms with Crippen molar-refractivity contribution in [2.24, 2.45) is 5.73 Å². The molecule has 0 radical (unpaired) electrons. The molecule has 118 valence electrons. The van der Waals surface area contributed by atoms with Gasteiger partial charge < -0.3 is 20.5 Å². The SMILES string of the molecule is Cc1ccccc1OCCCN1CCC(O)(CCN)CC1. The fourth-order valence-corrected chi connectivity index (χ4v) is 2.90. The van der Waals surface area contributed by atoms with Crippen LogP contribution in [0.15, 0.2) is 24.3 Å². The molecule has 1 aliphatic heterocycles. The summed E-state index contributed by atoms with van der Waals surface area (Å²) in [5, 5.41) is 10.3. The first-order chi connectivity index (χ1) is 10.1. The van der Waals surface area contributed by atoms with Crippen LogP contribution in [0.4, 0.5) is 0 Å². The highest BCUT2D eigenvalue weighted by atomic mass is 16.5. The number of hydrogen-bond acceptors (Lipinski definition) is 4. The van der Waals surface area contributed by atoms with E-state index in [2.05, 4.69) is 17.9 Å². The minimum absolute atomic E-state index is 0.525. The molecule has 0 saturated carbocycles. The summed E-state index contributed by atoms with van der Waals surface area (Å²) in [6, 6.07) is 8.12. The Morgan fingerprint density at radius 2 is 2.00 bits per heavy atom. The second kappa shape index (κ2) is 7.78. The smallest absolute Gasteiger partial charge is 0.122 e. The number of para-hydroxylation sites is 1. The van der Waals surface area contributed by atoms with Crippen LogP contribution in [0, 0.1) is 6.92 Å².